The van der Waals surface area contributed by atoms with Gasteiger partial charge in [-0.3, -0.25) is 4.79 Å². The SMILES string of the molecule is O=C(/C=C/c1ccc2c(c1)OCO2)Nc1cccc(Br)c1. The Kier molecular flexibility index (Phi) is 3.92. The minimum atomic E-state index is -0.189. The number of anilines is 1. The van der Waals surface area contributed by atoms with E-state index in [-0.39, 0.29) is 12.7 Å². The van der Waals surface area contributed by atoms with E-state index in [1.165, 1.54) is 6.08 Å². The lowest BCUT2D eigenvalue weighted by molar-refractivity contribution is -0.111. The zero-order chi connectivity index (χ0) is 14.7. The summed E-state index contributed by atoms with van der Waals surface area (Å²) in [5.41, 5.74) is 1.62. The first-order valence-corrected chi connectivity index (χ1v) is 7.14. The first kappa shape index (κ1) is 13.7. The van der Waals surface area contributed by atoms with Gasteiger partial charge in [0.05, 0.1) is 0 Å². The fourth-order valence-corrected chi connectivity index (χ4v) is 2.34. The summed E-state index contributed by atoms with van der Waals surface area (Å²) in [5.74, 6) is 1.24. The van der Waals surface area contributed by atoms with Crippen LogP contribution < -0.4 is 14.8 Å². The van der Waals surface area contributed by atoms with Gasteiger partial charge < -0.3 is 14.8 Å². The highest BCUT2D eigenvalue weighted by atomic mass is 79.9. The second-order valence-electron chi connectivity index (χ2n) is 4.45. The molecule has 0 fully saturated rings. The molecule has 4 nitrogen and oxygen atoms in total. The third kappa shape index (κ3) is 3.44. The predicted octanol–water partition coefficient (Wildman–Crippen LogP) is 3.83. The number of hydrogen-bond acceptors (Lipinski definition) is 3. The van der Waals surface area contributed by atoms with Crippen molar-refractivity contribution in [3.63, 3.8) is 0 Å². The molecule has 5 heteroatoms. The summed E-state index contributed by atoms with van der Waals surface area (Å²) >= 11 is 3.36. The van der Waals surface area contributed by atoms with Gasteiger partial charge >= 0.3 is 0 Å². The van der Waals surface area contributed by atoms with Gasteiger partial charge in [0.25, 0.3) is 0 Å². The molecule has 106 valence electrons. The van der Waals surface area contributed by atoms with Crippen molar-refractivity contribution in [2.24, 2.45) is 0 Å². The molecule has 0 spiro atoms. The number of carbonyl (C=O) groups excluding carboxylic acids is 1. The quantitative estimate of drug-likeness (QED) is 0.860. The van der Waals surface area contributed by atoms with Gasteiger partial charge in [0.1, 0.15) is 0 Å². The second kappa shape index (κ2) is 6.01. The van der Waals surface area contributed by atoms with Crippen molar-refractivity contribution in [3.8, 4) is 11.5 Å². The minimum absolute atomic E-state index is 0.189. The van der Waals surface area contributed by atoms with E-state index >= 15 is 0 Å². The van der Waals surface area contributed by atoms with E-state index in [1.807, 2.05) is 42.5 Å². The Bertz CT molecular complexity index is 712. The van der Waals surface area contributed by atoms with Crippen molar-refractivity contribution in [1.29, 1.82) is 0 Å². The Morgan fingerprint density at radius 3 is 2.86 bits per heavy atom. The lowest BCUT2D eigenvalue weighted by Gasteiger charge is -2.02. The van der Waals surface area contributed by atoms with Gasteiger partial charge in [-0.05, 0) is 42.0 Å². The Morgan fingerprint density at radius 1 is 1.14 bits per heavy atom. The van der Waals surface area contributed by atoms with Crippen LogP contribution in [0.25, 0.3) is 6.08 Å². The molecule has 0 unspecified atom stereocenters. The van der Waals surface area contributed by atoms with Crippen LogP contribution in [-0.4, -0.2) is 12.7 Å². The van der Waals surface area contributed by atoms with Crippen molar-refractivity contribution in [2.75, 3.05) is 12.1 Å². The number of ether oxygens (including phenoxy) is 2. The highest BCUT2D eigenvalue weighted by molar-refractivity contribution is 9.10. The molecule has 0 saturated heterocycles. The van der Waals surface area contributed by atoms with E-state index < -0.39 is 0 Å². The number of amides is 1. The molecule has 3 rings (SSSR count). The topological polar surface area (TPSA) is 47.6 Å². The van der Waals surface area contributed by atoms with Crippen LogP contribution >= 0.6 is 15.9 Å². The number of carbonyl (C=O) groups is 1. The first-order valence-electron chi connectivity index (χ1n) is 6.35. The maximum atomic E-state index is 11.9. The Balaban J connectivity index is 1.67. The summed E-state index contributed by atoms with van der Waals surface area (Å²) in [7, 11) is 0. The number of rotatable bonds is 3. The lowest BCUT2D eigenvalue weighted by atomic mass is 10.2. The summed E-state index contributed by atoms with van der Waals surface area (Å²) < 4.78 is 11.4. The molecular weight excluding hydrogens is 334 g/mol. The van der Waals surface area contributed by atoms with Crippen LogP contribution in [0.15, 0.2) is 53.0 Å². The molecule has 1 N–H and O–H groups in total. The highest BCUT2D eigenvalue weighted by Crippen LogP contribution is 2.32. The Hall–Kier alpha value is -2.27. The molecule has 0 bridgehead atoms. The van der Waals surface area contributed by atoms with Crippen LogP contribution in [-0.2, 0) is 4.79 Å². The average molecular weight is 346 g/mol. The largest absolute Gasteiger partial charge is 0.454 e. The van der Waals surface area contributed by atoms with Crippen LogP contribution in [0.5, 0.6) is 11.5 Å². The summed E-state index contributed by atoms with van der Waals surface area (Å²) in [6, 6.07) is 13.0. The van der Waals surface area contributed by atoms with Gasteiger partial charge in [-0.15, -0.1) is 0 Å². The molecule has 1 aliphatic rings. The molecule has 1 heterocycles. The second-order valence-corrected chi connectivity index (χ2v) is 5.36. The summed E-state index contributed by atoms with van der Waals surface area (Å²) in [4.78, 5) is 11.9. The van der Waals surface area contributed by atoms with Gasteiger partial charge in [-0.2, -0.15) is 0 Å². The van der Waals surface area contributed by atoms with Crippen molar-refractivity contribution in [3.05, 3.63) is 58.6 Å². The molecule has 0 radical (unpaired) electrons. The molecule has 1 amide bonds. The maximum absolute atomic E-state index is 11.9. The van der Waals surface area contributed by atoms with Crippen molar-refractivity contribution < 1.29 is 14.3 Å². The molecule has 0 saturated carbocycles. The minimum Gasteiger partial charge on any atom is -0.454 e. The molecule has 2 aromatic carbocycles. The summed E-state index contributed by atoms with van der Waals surface area (Å²) in [5, 5.41) is 2.79. The number of nitrogens with one attached hydrogen (secondary N) is 1. The van der Waals surface area contributed by atoms with Crippen molar-refractivity contribution in [1.82, 2.24) is 0 Å². The van der Waals surface area contributed by atoms with Crippen LogP contribution in [0.4, 0.5) is 5.69 Å². The smallest absolute Gasteiger partial charge is 0.248 e. The van der Waals surface area contributed by atoms with Gasteiger partial charge in [-0.1, -0.05) is 28.1 Å². The molecule has 0 aliphatic carbocycles. The zero-order valence-electron chi connectivity index (χ0n) is 11.0. The maximum Gasteiger partial charge on any atom is 0.248 e. The van der Waals surface area contributed by atoms with Crippen molar-refractivity contribution in [2.45, 2.75) is 0 Å². The van der Waals surface area contributed by atoms with E-state index in [2.05, 4.69) is 21.2 Å². The third-order valence-electron chi connectivity index (χ3n) is 2.92. The van der Waals surface area contributed by atoms with Gasteiger partial charge in [-0.25, -0.2) is 0 Å². The number of fused-ring (bicyclic) bond motifs is 1. The fourth-order valence-electron chi connectivity index (χ4n) is 1.94. The molecule has 0 aromatic heterocycles. The fraction of sp³-hybridized carbons (Fsp3) is 0.0625. The summed E-state index contributed by atoms with van der Waals surface area (Å²) in [6.07, 6.45) is 3.22. The molecule has 21 heavy (non-hydrogen) atoms. The monoisotopic (exact) mass is 345 g/mol. The van der Waals surface area contributed by atoms with Gasteiger partial charge in [0.2, 0.25) is 12.7 Å². The number of benzene rings is 2. The Labute approximate surface area is 130 Å². The van der Waals surface area contributed by atoms with Crippen LogP contribution in [0, 0.1) is 0 Å². The lowest BCUT2D eigenvalue weighted by Crippen LogP contribution is -2.07. The number of hydrogen-bond donors (Lipinski definition) is 1. The molecule has 0 atom stereocenters. The summed E-state index contributed by atoms with van der Waals surface area (Å²) in [6.45, 7) is 0.242. The third-order valence-corrected chi connectivity index (χ3v) is 3.41. The predicted molar refractivity (Wildman–Crippen MR) is 84.4 cm³/mol. The standard InChI is InChI=1S/C16H12BrNO3/c17-12-2-1-3-13(9-12)18-16(19)7-5-11-4-6-14-15(8-11)21-10-20-14/h1-9H,10H2,(H,18,19)/b7-5+. The van der Waals surface area contributed by atoms with Crippen LogP contribution in [0.1, 0.15) is 5.56 Å². The van der Waals surface area contributed by atoms with Gasteiger partial charge in [0, 0.05) is 16.2 Å². The number of halogens is 1. The highest BCUT2D eigenvalue weighted by Gasteiger charge is 2.12. The zero-order valence-corrected chi connectivity index (χ0v) is 12.6. The van der Waals surface area contributed by atoms with E-state index in [0.717, 1.165) is 21.5 Å². The van der Waals surface area contributed by atoms with Gasteiger partial charge in [0.15, 0.2) is 11.5 Å². The van der Waals surface area contributed by atoms with E-state index in [4.69, 9.17) is 9.47 Å². The van der Waals surface area contributed by atoms with E-state index in [0.29, 0.717) is 5.75 Å². The molecule has 1 aliphatic heterocycles. The van der Waals surface area contributed by atoms with Crippen LogP contribution in [0.2, 0.25) is 0 Å². The van der Waals surface area contributed by atoms with E-state index in [1.54, 1.807) is 6.08 Å². The molecule has 2 aromatic rings. The normalized spacial score (nSPS) is 12.6. The van der Waals surface area contributed by atoms with E-state index in [9.17, 15) is 4.79 Å². The van der Waals surface area contributed by atoms with Crippen molar-refractivity contribution >= 4 is 33.6 Å². The van der Waals surface area contributed by atoms with Crippen LogP contribution in [0.3, 0.4) is 0 Å². The Morgan fingerprint density at radius 2 is 2.00 bits per heavy atom. The first-order chi connectivity index (χ1) is 10.2. The molecular formula is C16H12BrNO3. The average Bonchev–Trinajstić information content (AvgIpc) is 2.92.